The molecule has 0 bridgehead atoms. The molecule has 1 aliphatic heterocycles. The van der Waals surface area contributed by atoms with Gasteiger partial charge in [0.1, 0.15) is 19.5 Å². The lowest BCUT2D eigenvalue weighted by Crippen LogP contribution is -2.22. The molecule has 6 heteroatoms. The van der Waals surface area contributed by atoms with Crippen LogP contribution in [0.3, 0.4) is 0 Å². The number of halogens is 1. The lowest BCUT2D eigenvalue weighted by atomic mass is 10.2. The number of carbonyl (C=O) groups excluding carboxylic acids is 1. The molecule has 2 rings (SSSR count). The van der Waals surface area contributed by atoms with Crippen molar-refractivity contribution in [3.8, 4) is 0 Å². The first-order chi connectivity index (χ1) is 9.08. The summed E-state index contributed by atoms with van der Waals surface area (Å²) >= 11 is 5.95. The van der Waals surface area contributed by atoms with Crippen LogP contribution in [0.15, 0.2) is 30.2 Å². The van der Waals surface area contributed by atoms with Crippen LogP contribution in [-0.2, 0) is 14.3 Å². The zero-order valence-electron chi connectivity index (χ0n) is 10.8. The molecule has 0 aromatic heterocycles. The van der Waals surface area contributed by atoms with Crippen molar-refractivity contribution in [2.24, 2.45) is 0 Å². The largest absolute Gasteiger partial charge is 0.494 e. The summed E-state index contributed by atoms with van der Waals surface area (Å²) in [4.78, 5) is 13.9. The fourth-order valence-electron chi connectivity index (χ4n) is 1.67. The van der Waals surface area contributed by atoms with Crippen molar-refractivity contribution in [3.63, 3.8) is 0 Å². The Hall–Kier alpha value is -1.88. The second kappa shape index (κ2) is 5.84. The van der Waals surface area contributed by atoms with Crippen molar-refractivity contribution >= 4 is 28.9 Å². The summed E-state index contributed by atoms with van der Waals surface area (Å²) < 4.78 is 10.3. The monoisotopic (exact) mass is 282 g/mol. The van der Waals surface area contributed by atoms with E-state index in [-0.39, 0.29) is 11.7 Å². The van der Waals surface area contributed by atoms with Gasteiger partial charge in [0.05, 0.1) is 11.4 Å². The molecule has 0 saturated carbocycles. The van der Waals surface area contributed by atoms with Crippen LogP contribution in [0, 0.1) is 0 Å². The number of benzene rings is 1. The Morgan fingerprint density at radius 1 is 1.37 bits per heavy atom. The number of hydrogen-bond donors (Lipinski definition) is 1. The molecule has 0 aliphatic carbocycles. The van der Waals surface area contributed by atoms with Crippen LogP contribution < -0.4 is 10.2 Å². The Bertz CT molecular complexity index is 515. The zero-order chi connectivity index (χ0) is 13.8. The molecule has 0 radical (unpaired) electrons. The van der Waals surface area contributed by atoms with Gasteiger partial charge in [-0.15, -0.1) is 0 Å². The number of nitrogens with one attached hydrogen (secondary N) is 1. The van der Waals surface area contributed by atoms with Crippen LogP contribution in [0.25, 0.3) is 0 Å². The van der Waals surface area contributed by atoms with E-state index in [1.807, 2.05) is 25.1 Å². The fourth-order valence-corrected chi connectivity index (χ4v) is 1.84. The van der Waals surface area contributed by atoms with Crippen LogP contribution in [0.5, 0.6) is 0 Å². The van der Waals surface area contributed by atoms with Gasteiger partial charge in [-0.25, -0.2) is 0 Å². The topological polar surface area (TPSA) is 50.8 Å². The number of hydrogen-bond acceptors (Lipinski definition) is 4. The highest BCUT2D eigenvalue weighted by Crippen LogP contribution is 2.28. The highest BCUT2D eigenvalue weighted by molar-refractivity contribution is 6.31. The average molecular weight is 283 g/mol. The van der Waals surface area contributed by atoms with E-state index in [4.69, 9.17) is 21.1 Å². The summed E-state index contributed by atoms with van der Waals surface area (Å²) in [6.45, 7) is 0.826. The first-order valence-corrected chi connectivity index (χ1v) is 6.18. The Kier molecular flexibility index (Phi) is 4.16. The number of anilines is 2. The standard InChI is InChI=1S/C13H15ClN2O3/c1-16(2)11-4-3-9(14)7-10(11)15-13(17)12-8-18-5-6-19-12/h3-4,7-8H,5-6H2,1-2H3,(H,15,17). The molecule has 1 amide bonds. The van der Waals surface area contributed by atoms with Crippen molar-refractivity contribution in [1.29, 1.82) is 0 Å². The van der Waals surface area contributed by atoms with Crippen molar-refractivity contribution in [2.45, 2.75) is 0 Å². The minimum absolute atomic E-state index is 0.163. The molecular formula is C13H15ClN2O3. The smallest absolute Gasteiger partial charge is 0.294 e. The quantitative estimate of drug-likeness (QED) is 0.924. The lowest BCUT2D eigenvalue weighted by Gasteiger charge is -2.19. The Balaban J connectivity index is 2.20. The van der Waals surface area contributed by atoms with Crippen molar-refractivity contribution in [3.05, 3.63) is 35.2 Å². The van der Waals surface area contributed by atoms with Gasteiger partial charge in [-0.2, -0.15) is 0 Å². The first kappa shape index (κ1) is 13.5. The van der Waals surface area contributed by atoms with Gasteiger partial charge >= 0.3 is 0 Å². The minimum atomic E-state index is -0.356. The molecule has 0 spiro atoms. The Morgan fingerprint density at radius 2 is 2.16 bits per heavy atom. The average Bonchev–Trinajstić information content (AvgIpc) is 2.39. The SMILES string of the molecule is CN(C)c1ccc(Cl)cc1NC(=O)C1=COCCO1. The number of ether oxygens (including phenoxy) is 2. The van der Waals surface area contributed by atoms with Gasteiger partial charge < -0.3 is 19.7 Å². The van der Waals surface area contributed by atoms with E-state index in [1.165, 1.54) is 6.26 Å². The van der Waals surface area contributed by atoms with Crippen LogP contribution in [-0.4, -0.2) is 33.2 Å². The number of rotatable bonds is 3. The second-order valence-electron chi connectivity index (χ2n) is 4.21. The van der Waals surface area contributed by atoms with E-state index in [1.54, 1.807) is 12.1 Å². The van der Waals surface area contributed by atoms with Crippen LogP contribution in [0.4, 0.5) is 11.4 Å². The zero-order valence-corrected chi connectivity index (χ0v) is 11.5. The van der Waals surface area contributed by atoms with Crippen LogP contribution >= 0.6 is 11.6 Å². The van der Waals surface area contributed by atoms with E-state index in [9.17, 15) is 4.79 Å². The summed E-state index contributed by atoms with van der Waals surface area (Å²) in [7, 11) is 3.77. The molecule has 0 atom stereocenters. The van der Waals surface area contributed by atoms with Crippen molar-refractivity contribution in [2.75, 3.05) is 37.5 Å². The molecule has 19 heavy (non-hydrogen) atoms. The van der Waals surface area contributed by atoms with Gasteiger partial charge in [0.15, 0.2) is 0 Å². The highest BCUT2D eigenvalue weighted by atomic mass is 35.5. The summed E-state index contributed by atoms with van der Waals surface area (Å²) in [6.07, 6.45) is 1.32. The molecule has 1 aromatic rings. The molecule has 1 heterocycles. The molecule has 0 unspecified atom stereocenters. The van der Waals surface area contributed by atoms with Crippen LogP contribution in [0.1, 0.15) is 0 Å². The van der Waals surface area contributed by atoms with E-state index in [0.717, 1.165) is 5.69 Å². The van der Waals surface area contributed by atoms with Crippen molar-refractivity contribution in [1.82, 2.24) is 0 Å². The normalized spacial score (nSPS) is 13.9. The van der Waals surface area contributed by atoms with Gasteiger partial charge in [-0.05, 0) is 18.2 Å². The molecule has 5 nitrogen and oxygen atoms in total. The van der Waals surface area contributed by atoms with Gasteiger partial charge in [0.25, 0.3) is 5.91 Å². The number of nitrogens with zero attached hydrogens (tertiary/aromatic N) is 1. The molecule has 1 aromatic carbocycles. The van der Waals surface area contributed by atoms with E-state index in [2.05, 4.69) is 5.32 Å². The maximum absolute atomic E-state index is 12.0. The van der Waals surface area contributed by atoms with Gasteiger partial charge in [-0.3, -0.25) is 4.79 Å². The third-order valence-corrected chi connectivity index (χ3v) is 2.80. The minimum Gasteiger partial charge on any atom is -0.494 e. The maximum atomic E-state index is 12.0. The molecule has 1 N–H and O–H groups in total. The van der Waals surface area contributed by atoms with Gasteiger partial charge in [-0.1, -0.05) is 11.6 Å². The Labute approximate surface area is 116 Å². The molecular weight excluding hydrogens is 268 g/mol. The predicted molar refractivity (Wildman–Crippen MR) is 74.4 cm³/mol. The highest BCUT2D eigenvalue weighted by Gasteiger charge is 2.17. The summed E-state index contributed by atoms with van der Waals surface area (Å²) in [5.74, 6) is -0.194. The third-order valence-electron chi connectivity index (χ3n) is 2.56. The van der Waals surface area contributed by atoms with Gasteiger partial charge in [0, 0.05) is 19.1 Å². The number of carbonyl (C=O) groups is 1. The van der Waals surface area contributed by atoms with E-state index >= 15 is 0 Å². The van der Waals surface area contributed by atoms with Crippen LogP contribution in [0.2, 0.25) is 5.02 Å². The predicted octanol–water partition coefficient (Wildman–Crippen LogP) is 2.23. The molecule has 0 fully saturated rings. The maximum Gasteiger partial charge on any atom is 0.294 e. The lowest BCUT2D eigenvalue weighted by molar-refractivity contribution is -0.117. The fraction of sp³-hybridized carbons (Fsp3) is 0.308. The second-order valence-corrected chi connectivity index (χ2v) is 4.65. The third kappa shape index (κ3) is 3.32. The molecule has 1 aliphatic rings. The summed E-state index contributed by atoms with van der Waals surface area (Å²) in [5, 5.41) is 3.32. The van der Waals surface area contributed by atoms with E-state index in [0.29, 0.717) is 23.9 Å². The first-order valence-electron chi connectivity index (χ1n) is 5.81. The van der Waals surface area contributed by atoms with Gasteiger partial charge in [0.2, 0.25) is 5.76 Å². The summed E-state index contributed by atoms with van der Waals surface area (Å²) in [5.41, 5.74) is 1.48. The Morgan fingerprint density at radius 3 is 2.79 bits per heavy atom. The number of amides is 1. The molecule has 102 valence electrons. The van der Waals surface area contributed by atoms with Crippen molar-refractivity contribution < 1.29 is 14.3 Å². The summed E-state index contributed by atoms with van der Waals surface area (Å²) in [6, 6.07) is 5.30. The van der Waals surface area contributed by atoms with E-state index < -0.39 is 0 Å². The molecule has 0 saturated heterocycles.